The van der Waals surface area contributed by atoms with Crippen molar-refractivity contribution in [2.45, 2.75) is 32.8 Å². The smallest absolute Gasteiger partial charge is 0.434 e. The van der Waals surface area contributed by atoms with E-state index in [4.69, 9.17) is 15.2 Å². The zero-order chi connectivity index (χ0) is 9.61. The molecule has 72 valence electrons. The van der Waals surface area contributed by atoms with Crippen LogP contribution in [0.5, 0.6) is 0 Å². The molecule has 0 saturated heterocycles. The molecule has 0 aliphatic rings. The maximum atomic E-state index is 10.8. The van der Waals surface area contributed by atoms with Crippen molar-refractivity contribution in [2.24, 2.45) is 5.73 Å². The first-order valence-electron chi connectivity index (χ1n) is 4.01. The molecular formula is C8H17NO3. The van der Waals surface area contributed by atoms with Crippen LogP contribution >= 0.6 is 0 Å². The Morgan fingerprint density at radius 2 is 2.00 bits per heavy atom. The molecule has 0 aromatic heterocycles. The van der Waals surface area contributed by atoms with Crippen molar-refractivity contribution in [3.8, 4) is 0 Å². The van der Waals surface area contributed by atoms with Gasteiger partial charge in [0, 0.05) is 0 Å². The van der Waals surface area contributed by atoms with Crippen LogP contribution in [0.3, 0.4) is 0 Å². The summed E-state index contributed by atoms with van der Waals surface area (Å²) in [5.41, 5.74) is 4.72. The third kappa shape index (κ3) is 7.34. The molecule has 0 aromatic carbocycles. The Kier molecular flexibility index (Phi) is 4.66. The van der Waals surface area contributed by atoms with Gasteiger partial charge in [-0.15, -0.1) is 0 Å². The fourth-order valence-electron chi connectivity index (χ4n) is 0.518. The van der Waals surface area contributed by atoms with E-state index >= 15 is 0 Å². The lowest BCUT2D eigenvalue weighted by molar-refractivity contribution is -0.00722. The Morgan fingerprint density at radius 1 is 1.42 bits per heavy atom. The molecule has 0 heterocycles. The van der Waals surface area contributed by atoms with Crippen LogP contribution in [0.4, 0.5) is 4.79 Å². The van der Waals surface area contributed by atoms with E-state index in [1.165, 1.54) is 0 Å². The van der Waals surface area contributed by atoms with Crippen molar-refractivity contribution in [3.63, 3.8) is 0 Å². The topological polar surface area (TPSA) is 61.5 Å². The highest BCUT2D eigenvalue weighted by atomic mass is 16.7. The fourth-order valence-corrected chi connectivity index (χ4v) is 0.518. The number of nitrogens with two attached hydrogens (primary N) is 1. The summed E-state index contributed by atoms with van der Waals surface area (Å²) in [6.07, 6.45) is 0.0372. The quantitative estimate of drug-likeness (QED) is 0.518. The molecular weight excluding hydrogens is 158 g/mol. The predicted molar refractivity (Wildman–Crippen MR) is 45.9 cm³/mol. The molecule has 0 aliphatic carbocycles. The van der Waals surface area contributed by atoms with Gasteiger partial charge in [-0.2, -0.15) is 0 Å². The van der Waals surface area contributed by atoms with Gasteiger partial charge in [0.15, 0.2) is 0 Å². The van der Waals surface area contributed by atoms with Gasteiger partial charge >= 0.3 is 6.16 Å². The van der Waals surface area contributed by atoms with Crippen molar-refractivity contribution in [1.82, 2.24) is 0 Å². The summed E-state index contributed by atoms with van der Waals surface area (Å²) in [6.45, 7) is 6.21. The molecule has 2 N–H and O–H groups in total. The monoisotopic (exact) mass is 175 g/mol. The van der Waals surface area contributed by atoms with Crippen LogP contribution in [0.25, 0.3) is 0 Å². The van der Waals surface area contributed by atoms with Gasteiger partial charge in [0.2, 0.25) is 0 Å². The first kappa shape index (κ1) is 11.2. The highest BCUT2D eigenvalue weighted by molar-refractivity contribution is 5.60. The number of hydrogen-bond donors (Lipinski definition) is 1. The lowest BCUT2D eigenvalue weighted by Crippen LogP contribution is -2.24. The van der Waals surface area contributed by atoms with Crippen LogP contribution < -0.4 is 5.73 Å². The highest BCUT2D eigenvalue weighted by Gasteiger charge is 2.16. The summed E-state index contributed by atoms with van der Waals surface area (Å²) in [5, 5.41) is 0. The van der Waals surface area contributed by atoms with Crippen molar-refractivity contribution in [2.75, 3.05) is 13.2 Å². The molecule has 0 rings (SSSR count). The van der Waals surface area contributed by atoms with Gasteiger partial charge in [-0.3, -0.25) is 0 Å². The number of hydrogen-bond acceptors (Lipinski definition) is 4. The van der Waals surface area contributed by atoms with Crippen molar-refractivity contribution in [3.05, 3.63) is 0 Å². The lowest BCUT2D eigenvalue weighted by atomic mass is 10.2. The third-order valence-electron chi connectivity index (χ3n) is 0.958. The molecule has 0 spiro atoms. The minimum atomic E-state index is -0.629. The largest absolute Gasteiger partial charge is 0.508 e. The molecule has 0 atom stereocenters. The molecule has 0 bridgehead atoms. The van der Waals surface area contributed by atoms with Crippen molar-refractivity contribution >= 4 is 6.16 Å². The highest BCUT2D eigenvalue weighted by Crippen LogP contribution is 2.07. The summed E-state index contributed by atoms with van der Waals surface area (Å²) in [5.74, 6) is 0. The molecule has 0 aliphatic heterocycles. The summed E-state index contributed by atoms with van der Waals surface area (Å²) >= 11 is 0. The average molecular weight is 175 g/mol. The van der Waals surface area contributed by atoms with E-state index in [0.29, 0.717) is 19.6 Å². The standard InChI is InChI=1S/C8H17NO3/c1-8(2,3)12-7(10)11-6-4-5-9/h4-6,9H2,1-3H3. The molecule has 4 nitrogen and oxygen atoms in total. The van der Waals surface area contributed by atoms with E-state index in [9.17, 15) is 4.79 Å². The average Bonchev–Trinajstić information content (AvgIpc) is 1.84. The zero-order valence-corrected chi connectivity index (χ0v) is 7.92. The molecule has 0 saturated carbocycles. The third-order valence-corrected chi connectivity index (χ3v) is 0.958. The second kappa shape index (κ2) is 4.98. The second-order valence-electron chi connectivity index (χ2n) is 3.46. The zero-order valence-electron chi connectivity index (χ0n) is 7.92. The SMILES string of the molecule is CC(C)(C)OC(=O)OCCCN. The van der Waals surface area contributed by atoms with Gasteiger partial charge in [0.05, 0.1) is 6.61 Å². The molecule has 4 heteroatoms. The maximum Gasteiger partial charge on any atom is 0.508 e. The van der Waals surface area contributed by atoms with Crippen LogP contribution in [-0.4, -0.2) is 24.9 Å². The lowest BCUT2D eigenvalue weighted by Gasteiger charge is -2.18. The number of carbonyl (C=O) groups is 1. The second-order valence-corrected chi connectivity index (χ2v) is 3.46. The Morgan fingerprint density at radius 3 is 2.42 bits per heavy atom. The predicted octanol–water partition coefficient (Wildman–Crippen LogP) is 1.29. The van der Waals surface area contributed by atoms with Crippen LogP contribution in [0.15, 0.2) is 0 Å². The number of carbonyl (C=O) groups excluding carboxylic acids is 1. The number of ether oxygens (including phenoxy) is 2. The van der Waals surface area contributed by atoms with Crippen LogP contribution in [0, 0.1) is 0 Å². The first-order valence-corrected chi connectivity index (χ1v) is 4.01. The Balaban J connectivity index is 3.47. The maximum absolute atomic E-state index is 10.8. The van der Waals surface area contributed by atoms with E-state index in [1.807, 2.05) is 0 Å². The van der Waals surface area contributed by atoms with E-state index in [-0.39, 0.29) is 0 Å². The van der Waals surface area contributed by atoms with Gasteiger partial charge in [0.25, 0.3) is 0 Å². The summed E-state index contributed by atoms with van der Waals surface area (Å²) in [4.78, 5) is 10.8. The Hall–Kier alpha value is -0.770. The van der Waals surface area contributed by atoms with E-state index in [1.54, 1.807) is 20.8 Å². The number of rotatable bonds is 3. The molecule has 0 aromatic rings. The van der Waals surface area contributed by atoms with Crippen LogP contribution in [0.1, 0.15) is 27.2 Å². The van der Waals surface area contributed by atoms with Gasteiger partial charge in [-0.05, 0) is 33.7 Å². The first-order chi connectivity index (χ1) is 5.45. The Bertz CT molecular complexity index is 140. The molecule has 0 amide bonds. The van der Waals surface area contributed by atoms with Gasteiger partial charge in [0.1, 0.15) is 5.60 Å². The van der Waals surface area contributed by atoms with Crippen molar-refractivity contribution in [1.29, 1.82) is 0 Å². The fraction of sp³-hybridized carbons (Fsp3) is 0.875. The minimum absolute atomic E-state index is 0.325. The normalized spacial score (nSPS) is 11.0. The van der Waals surface area contributed by atoms with E-state index in [2.05, 4.69) is 0 Å². The van der Waals surface area contributed by atoms with Crippen molar-refractivity contribution < 1.29 is 14.3 Å². The van der Waals surface area contributed by atoms with Gasteiger partial charge in [-0.25, -0.2) is 4.79 Å². The Labute approximate surface area is 73.0 Å². The molecule has 0 unspecified atom stereocenters. The summed E-state index contributed by atoms with van der Waals surface area (Å²) in [6, 6.07) is 0. The molecule has 0 radical (unpaired) electrons. The van der Waals surface area contributed by atoms with Crippen LogP contribution in [0.2, 0.25) is 0 Å². The summed E-state index contributed by atoms with van der Waals surface area (Å²) < 4.78 is 9.60. The minimum Gasteiger partial charge on any atom is -0.434 e. The van der Waals surface area contributed by atoms with Gasteiger partial charge in [-0.1, -0.05) is 0 Å². The summed E-state index contributed by atoms with van der Waals surface area (Å²) in [7, 11) is 0. The van der Waals surface area contributed by atoms with E-state index in [0.717, 1.165) is 0 Å². The molecule has 0 fully saturated rings. The van der Waals surface area contributed by atoms with Crippen LogP contribution in [-0.2, 0) is 9.47 Å². The molecule has 12 heavy (non-hydrogen) atoms. The van der Waals surface area contributed by atoms with E-state index < -0.39 is 11.8 Å². The van der Waals surface area contributed by atoms with Gasteiger partial charge < -0.3 is 15.2 Å².